The molecule has 6 unspecified atom stereocenters. The maximum atomic E-state index is 14.2. The maximum absolute atomic E-state index is 14.2. The van der Waals surface area contributed by atoms with Gasteiger partial charge in [-0.25, -0.2) is 9.80 Å². The molecule has 1 saturated heterocycles. The van der Waals surface area contributed by atoms with Crippen LogP contribution in [-0.4, -0.2) is 166 Å². The average Bonchev–Trinajstić information content (AvgIpc) is 2.94. The molecular weight excluding hydrogens is 1130 g/mol. The number of amides is 5. The summed E-state index contributed by atoms with van der Waals surface area (Å²) in [5.41, 5.74) is 5.48. The van der Waals surface area contributed by atoms with Gasteiger partial charge >= 0.3 is 18.0 Å². The van der Waals surface area contributed by atoms with E-state index in [0.29, 0.717) is 43.8 Å². The lowest BCUT2D eigenvalue weighted by molar-refractivity contribution is -0.157. The number of halogens is 1. The van der Waals surface area contributed by atoms with Crippen LogP contribution in [0.15, 0.2) is 66.3 Å². The summed E-state index contributed by atoms with van der Waals surface area (Å²) in [4.78, 5) is 91.0. The van der Waals surface area contributed by atoms with Crippen molar-refractivity contribution < 1.29 is 67.5 Å². The van der Waals surface area contributed by atoms with E-state index in [1.54, 1.807) is 38.3 Å². The summed E-state index contributed by atoms with van der Waals surface area (Å²) in [5, 5.41) is 30.7. The summed E-state index contributed by atoms with van der Waals surface area (Å²) in [6.45, 7) is 20.5. The zero-order chi connectivity index (χ0) is 65.1. The number of carboxylic acids is 1. The standard InChI is InChI=1S/C53H75ClN8O12.C3H6O2.C3H8.2C2H6/c1-34-14-12-17-45(71-9)53(69)30-44(74-52(68)58-53)36(3)25-35(2)42(29-49(66)61(7)41-26-37(24-34)27-43(70-8)51(41)54)73-50(67)33-59(5)48(65)18-13-22-72-23-20-56-47(64)31-57-46(63)19-21-62-39(32-60(6)55-4)28-38-15-10-11-16-40(38)62;1-2-3(4)5;1-3-2;2*1-2/h10-12,14-17,26-28,35-36,42,44-45,55,69H,13,18-25,29-33H2,1-9H3,(H,56,64)(H,57,63)(H,58,68);2H2,1H3,(H,4,5);3H2,1-2H3;2*1-2H3/b17-12+,34-14+;;;;. The third-order valence-corrected chi connectivity index (χ3v) is 14.1. The minimum Gasteiger partial charge on any atom is -0.495 e. The number of esters is 1. The Balaban J connectivity index is 0.00000284. The number of aliphatic hydroxyl groups is 1. The van der Waals surface area contributed by atoms with E-state index < -0.39 is 60.4 Å². The van der Waals surface area contributed by atoms with Gasteiger partial charge in [0.1, 0.15) is 35.6 Å². The van der Waals surface area contributed by atoms with Crippen molar-refractivity contribution in [2.45, 2.75) is 164 Å². The SMILES string of the molecule is CC.CC.CCC.CCC(=O)O.CNN(C)Cc1cc2ccccc2n1CCC(=O)NCC(=O)NCCOCCCC(=O)N(C)CC(=O)OC1CC(=O)N(C)c2cc(cc(OC)c2Cl)C/C(C)=C/C=C/C(OC)C2(O)CC(OC(=O)N2)C(C)CC1C. The molecule has 3 heterocycles. The van der Waals surface area contributed by atoms with Gasteiger partial charge in [0.2, 0.25) is 23.6 Å². The van der Waals surface area contributed by atoms with Crippen LogP contribution in [0.5, 0.6) is 5.75 Å². The van der Waals surface area contributed by atoms with Crippen LogP contribution in [0, 0.1) is 11.8 Å². The zero-order valence-electron chi connectivity index (χ0n) is 53.9. The molecule has 3 aromatic rings. The molecule has 22 nitrogen and oxygen atoms in total. The minimum absolute atomic E-state index is 0.0178. The van der Waals surface area contributed by atoms with Gasteiger partial charge in [0.15, 0.2) is 5.72 Å². The normalized spacial score (nSPS) is 20.4. The highest BCUT2D eigenvalue weighted by atomic mass is 35.5. The molecule has 86 heavy (non-hydrogen) atoms. The molecule has 2 aliphatic rings. The summed E-state index contributed by atoms with van der Waals surface area (Å²) in [7, 11) is 9.76. The van der Waals surface area contributed by atoms with Gasteiger partial charge < -0.3 is 58.9 Å². The van der Waals surface area contributed by atoms with E-state index in [2.05, 4.69) is 45.9 Å². The smallest absolute Gasteiger partial charge is 0.409 e. The van der Waals surface area contributed by atoms with Gasteiger partial charge in [0, 0.05) is 84.8 Å². The zero-order valence-corrected chi connectivity index (χ0v) is 54.7. The highest BCUT2D eigenvalue weighted by molar-refractivity contribution is 6.35. The van der Waals surface area contributed by atoms with Crippen molar-refractivity contribution in [2.24, 2.45) is 11.8 Å². The topological polar surface area (TPSA) is 269 Å². The molecule has 0 saturated carbocycles. The quantitative estimate of drug-likeness (QED) is 0.0331. The first-order chi connectivity index (χ1) is 40.9. The Morgan fingerprint density at radius 3 is 2.23 bits per heavy atom. The molecule has 0 aliphatic carbocycles. The number of benzene rings is 2. The van der Waals surface area contributed by atoms with E-state index in [-0.39, 0.29) is 87.1 Å². The molecular formula is C63H101ClN8O14. The van der Waals surface area contributed by atoms with E-state index in [4.69, 9.17) is 40.4 Å². The second-order valence-corrected chi connectivity index (χ2v) is 21.0. The van der Waals surface area contributed by atoms with Crippen LogP contribution >= 0.6 is 11.6 Å². The van der Waals surface area contributed by atoms with Crippen molar-refractivity contribution in [3.63, 3.8) is 0 Å². The molecule has 23 heteroatoms. The third-order valence-electron chi connectivity index (χ3n) is 13.7. The predicted octanol–water partition coefficient (Wildman–Crippen LogP) is 8.58. The Morgan fingerprint density at radius 1 is 0.942 bits per heavy atom. The molecule has 5 rings (SSSR count). The number of hydrogen-bond donors (Lipinski definition) is 6. The second kappa shape index (κ2) is 41.5. The van der Waals surface area contributed by atoms with Gasteiger partial charge in [-0.05, 0) is 80.3 Å². The Labute approximate surface area is 515 Å². The Morgan fingerprint density at radius 2 is 1.60 bits per heavy atom. The van der Waals surface area contributed by atoms with Gasteiger partial charge in [0.05, 0.1) is 38.9 Å². The fraction of sp³-hybridized carbons (Fsp3) is 0.603. The first-order valence-corrected chi connectivity index (χ1v) is 30.2. The van der Waals surface area contributed by atoms with Gasteiger partial charge in [-0.2, -0.15) is 0 Å². The fourth-order valence-corrected chi connectivity index (χ4v) is 9.42. The van der Waals surface area contributed by atoms with Gasteiger partial charge in [0.25, 0.3) is 0 Å². The lowest BCUT2D eigenvalue weighted by Crippen LogP contribution is -2.63. The predicted molar refractivity (Wildman–Crippen MR) is 337 cm³/mol. The summed E-state index contributed by atoms with van der Waals surface area (Å²) >= 11 is 6.79. The van der Waals surface area contributed by atoms with Crippen molar-refractivity contribution in [3.05, 3.63) is 82.5 Å². The van der Waals surface area contributed by atoms with Crippen molar-refractivity contribution in [1.29, 1.82) is 0 Å². The Kier molecular flexibility index (Phi) is 37.4. The monoisotopic (exact) mass is 1230 g/mol. The third kappa shape index (κ3) is 26.6. The fourth-order valence-electron chi connectivity index (χ4n) is 9.10. The molecule has 2 aromatic carbocycles. The molecule has 0 radical (unpaired) electrons. The number of hydrogen-bond acceptors (Lipinski definition) is 15. The van der Waals surface area contributed by atoms with Crippen LogP contribution in [0.25, 0.3) is 10.9 Å². The van der Waals surface area contributed by atoms with Crippen molar-refractivity contribution in [1.82, 2.24) is 35.9 Å². The number of hydrazine groups is 1. The van der Waals surface area contributed by atoms with Gasteiger partial charge in [-0.1, -0.05) is 122 Å². The van der Waals surface area contributed by atoms with E-state index in [0.717, 1.165) is 27.7 Å². The number of aliphatic carboxylic acids is 1. The van der Waals surface area contributed by atoms with E-state index in [9.17, 15) is 38.7 Å². The van der Waals surface area contributed by atoms with Crippen LogP contribution in [0.3, 0.4) is 0 Å². The highest BCUT2D eigenvalue weighted by Crippen LogP contribution is 2.38. The second-order valence-electron chi connectivity index (χ2n) is 20.7. The number of alkyl carbamates (subject to hydrolysis) is 1. The molecule has 6 atom stereocenters. The van der Waals surface area contributed by atoms with E-state index in [1.807, 2.05) is 97.9 Å². The highest BCUT2D eigenvalue weighted by Gasteiger charge is 2.47. The first-order valence-electron chi connectivity index (χ1n) is 29.9. The Bertz CT molecular complexity index is 2650. The maximum Gasteiger partial charge on any atom is 0.409 e. The number of fused-ring (bicyclic) bond motifs is 5. The molecule has 1 fully saturated rings. The van der Waals surface area contributed by atoms with Gasteiger partial charge in [-0.15, -0.1) is 0 Å². The number of anilines is 1. The largest absolute Gasteiger partial charge is 0.495 e. The number of likely N-dealkylation sites (N-methyl/N-ethyl adjacent to an activating group) is 1. The first kappa shape index (κ1) is 77.5. The number of nitrogens with zero attached hydrogens (tertiary/aromatic N) is 4. The molecule has 5 amide bonds. The molecule has 484 valence electrons. The summed E-state index contributed by atoms with van der Waals surface area (Å²) < 4.78 is 30.7. The molecule has 1 aromatic heterocycles. The number of para-hydroxylation sites is 1. The van der Waals surface area contributed by atoms with Crippen LogP contribution in [0.2, 0.25) is 5.02 Å². The summed E-state index contributed by atoms with van der Waals surface area (Å²) in [5.74, 6) is -3.34. The number of methoxy groups -OCH3 is 2. The number of allylic oxidation sites excluding steroid dienone is 3. The number of carbonyl (C=O) groups is 7. The number of aryl methyl sites for hydroxylation is 1. The van der Waals surface area contributed by atoms with Crippen LogP contribution < -0.4 is 31.0 Å². The van der Waals surface area contributed by atoms with Crippen molar-refractivity contribution in [2.75, 3.05) is 80.2 Å². The van der Waals surface area contributed by atoms with E-state index in [1.165, 1.54) is 37.5 Å². The van der Waals surface area contributed by atoms with Crippen LogP contribution in [-0.2, 0) is 67.2 Å². The van der Waals surface area contributed by atoms with Crippen molar-refractivity contribution in [3.8, 4) is 5.75 Å². The molecule has 0 spiro atoms. The molecule has 2 aliphatic heterocycles. The number of aromatic nitrogens is 1. The number of rotatable bonds is 21. The van der Waals surface area contributed by atoms with Crippen molar-refractivity contribution >= 4 is 69.9 Å². The Hall–Kier alpha value is -6.56. The van der Waals surface area contributed by atoms with Crippen LogP contribution in [0.1, 0.15) is 132 Å². The summed E-state index contributed by atoms with van der Waals surface area (Å²) in [6, 6.07) is 13.7. The number of carbonyl (C=O) groups excluding carboxylic acids is 6. The number of carboxylic acid groups (broad SMARTS) is 1. The average molecular weight is 1230 g/mol. The number of nitrogens with one attached hydrogen (secondary N) is 4. The lowest BCUT2D eigenvalue weighted by Gasteiger charge is -2.42. The summed E-state index contributed by atoms with van der Waals surface area (Å²) in [6.07, 6.45) is 4.30. The molecule has 6 N–H and O–H groups in total. The number of ether oxygens (including phenoxy) is 5. The van der Waals surface area contributed by atoms with Gasteiger partial charge in [-0.3, -0.25) is 39.5 Å². The molecule has 4 bridgehead atoms. The van der Waals surface area contributed by atoms with Crippen LogP contribution in [0.4, 0.5) is 10.5 Å². The van der Waals surface area contributed by atoms with E-state index >= 15 is 0 Å². The minimum atomic E-state index is -1.81. The lowest BCUT2D eigenvalue weighted by atomic mass is 9.83.